The molecular formula is C20H25BN4O2. The second kappa shape index (κ2) is 5.60. The Kier molecular flexibility index (Phi) is 3.75. The molecule has 4 rings (SSSR count). The lowest BCUT2D eigenvalue weighted by Crippen LogP contribution is -2.41. The molecule has 0 unspecified atom stereocenters. The first-order valence-corrected chi connectivity index (χ1v) is 9.33. The summed E-state index contributed by atoms with van der Waals surface area (Å²) in [6, 6.07) is 10.0. The molecule has 1 aliphatic heterocycles. The predicted octanol–water partition coefficient (Wildman–Crippen LogP) is 2.81. The van der Waals surface area contributed by atoms with Crippen molar-refractivity contribution in [2.75, 3.05) is 5.73 Å². The van der Waals surface area contributed by atoms with Crippen LogP contribution in [-0.2, 0) is 14.8 Å². The van der Waals surface area contributed by atoms with E-state index >= 15 is 0 Å². The SMILES string of the molecule is CC1(n2nc(-c3ccc(B4OC(C)(C)C(C)(C)O4)cc3)c(C#N)c2N)CC1. The Bertz CT molecular complexity index is 920. The number of rotatable bonds is 3. The van der Waals surface area contributed by atoms with E-state index in [0.29, 0.717) is 17.1 Å². The third kappa shape index (κ3) is 2.75. The van der Waals surface area contributed by atoms with Gasteiger partial charge in [-0.3, -0.25) is 0 Å². The van der Waals surface area contributed by atoms with Crippen molar-refractivity contribution >= 4 is 18.4 Å². The molecule has 7 heteroatoms. The van der Waals surface area contributed by atoms with E-state index in [0.717, 1.165) is 23.9 Å². The first kappa shape index (κ1) is 18.1. The fourth-order valence-corrected chi connectivity index (χ4v) is 3.32. The number of hydrogen-bond acceptors (Lipinski definition) is 5. The molecule has 2 N–H and O–H groups in total. The first-order valence-electron chi connectivity index (χ1n) is 9.33. The Morgan fingerprint density at radius 1 is 1.07 bits per heavy atom. The van der Waals surface area contributed by atoms with E-state index in [2.05, 4.69) is 18.1 Å². The van der Waals surface area contributed by atoms with Gasteiger partial charge in [0.25, 0.3) is 0 Å². The quantitative estimate of drug-likeness (QED) is 0.847. The summed E-state index contributed by atoms with van der Waals surface area (Å²) in [6.45, 7) is 10.3. The van der Waals surface area contributed by atoms with Gasteiger partial charge in [-0.2, -0.15) is 10.4 Å². The van der Waals surface area contributed by atoms with Crippen molar-refractivity contribution in [1.82, 2.24) is 9.78 Å². The third-order valence-electron chi connectivity index (χ3n) is 6.23. The molecule has 2 aromatic rings. The van der Waals surface area contributed by atoms with Crippen molar-refractivity contribution in [2.45, 2.75) is 64.2 Å². The van der Waals surface area contributed by atoms with E-state index in [1.54, 1.807) is 0 Å². The van der Waals surface area contributed by atoms with Gasteiger partial charge in [-0.1, -0.05) is 24.3 Å². The third-order valence-corrected chi connectivity index (χ3v) is 6.23. The number of hydrogen-bond donors (Lipinski definition) is 1. The molecule has 2 aliphatic rings. The number of benzene rings is 1. The fraction of sp³-hybridized carbons (Fsp3) is 0.500. The largest absolute Gasteiger partial charge is 0.494 e. The van der Waals surface area contributed by atoms with Crippen LogP contribution in [0.25, 0.3) is 11.3 Å². The van der Waals surface area contributed by atoms with Crippen LogP contribution >= 0.6 is 0 Å². The Morgan fingerprint density at radius 2 is 1.63 bits per heavy atom. The monoisotopic (exact) mass is 364 g/mol. The van der Waals surface area contributed by atoms with E-state index in [1.807, 2.05) is 56.6 Å². The highest BCUT2D eigenvalue weighted by atomic mass is 16.7. The zero-order valence-electron chi connectivity index (χ0n) is 16.5. The van der Waals surface area contributed by atoms with Gasteiger partial charge in [0.1, 0.15) is 23.1 Å². The molecule has 2 heterocycles. The van der Waals surface area contributed by atoms with Crippen molar-refractivity contribution < 1.29 is 9.31 Å². The van der Waals surface area contributed by atoms with E-state index in [-0.39, 0.29) is 16.7 Å². The van der Waals surface area contributed by atoms with E-state index in [9.17, 15) is 5.26 Å². The maximum absolute atomic E-state index is 9.58. The fourth-order valence-electron chi connectivity index (χ4n) is 3.32. The van der Waals surface area contributed by atoms with Crippen molar-refractivity contribution in [3.05, 3.63) is 29.8 Å². The summed E-state index contributed by atoms with van der Waals surface area (Å²) in [6.07, 6.45) is 2.06. The number of aromatic nitrogens is 2. The maximum atomic E-state index is 9.58. The highest BCUT2D eigenvalue weighted by Gasteiger charge is 2.51. The van der Waals surface area contributed by atoms with Crippen molar-refractivity contribution in [3.8, 4) is 17.3 Å². The number of nitriles is 1. The van der Waals surface area contributed by atoms with E-state index < -0.39 is 7.12 Å². The van der Waals surface area contributed by atoms with Crippen LogP contribution in [0.2, 0.25) is 0 Å². The average Bonchev–Trinajstić information content (AvgIpc) is 3.18. The lowest BCUT2D eigenvalue weighted by molar-refractivity contribution is 0.00578. The van der Waals surface area contributed by atoms with Crippen molar-refractivity contribution in [2.24, 2.45) is 0 Å². The minimum Gasteiger partial charge on any atom is -0.399 e. The van der Waals surface area contributed by atoms with Gasteiger partial charge in [0.05, 0.1) is 16.7 Å². The number of nitrogens with zero attached hydrogens (tertiary/aromatic N) is 3. The van der Waals surface area contributed by atoms with Gasteiger partial charge in [0, 0.05) is 5.56 Å². The average molecular weight is 364 g/mol. The standard InChI is InChI=1S/C20H25BN4O2/c1-18(2)19(3,4)27-21(26-18)14-8-6-13(7-9-14)16-15(12-22)17(23)25(24-16)20(5)10-11-20/h6-9H,10-11,23H2,1-5H3. The zero-order valence-corrected chi connectivity index (χ0v) is 16.5. The number of anilines is 1. The Morgan fingerprint density at radius 3 is 2.11 bits per heavy atom. The zero-order chi connectivity index (χ0) is 19.6. The molecular weight excluding hydrogens is 339 g/mol. The van der Waals surface area contributed by atoms with Gasteiger partial charge < -0.3 is 15.0 Å². The van der Waals surface area contributed by atoms with Gasteiger partial charge in [0.15, 0.2) is 0 Å². The maximum Gasteiger partial charge on any atom is 0.494 e. The van der Waals surface area contributed by atoms with Crippen molar-refractivity contribution in [3.63, 3.8) is 0 Å². The lowest BCUT2D eigenvalue weighted by atomic mass is 9.78. The first-order chi connectivity index (χ1) is 12.6. The van der Waals surface area contributed by atoms with E-state index in [1.165, 1.54) is 0 Å². The molecule has 0 spiro atoms. The van der Waals surface area contributed by atoms with Gasteiger partial charge in [-0.05, 0) is 52.9 Å². The van der Waals surface area contributed by atoms with Crippen molar-refractivity contribution in [1.29, 1.82) is 5.26 Å². The van der Waals surface area contributed by atoms with Crippen LogP contribution in [0, 0.1) is 11.3 Å². The van der Waals surface area contributed by atoms with E-state index in [4.69, 9.17) is 15.0 Å². The Hall–Kier alpha value is -2.30. The van der Waals surface area contributed by atoms with Crippen LogP contribution in [-0.4, -0.2) is 28.1 Å². The van der Waals surface area contributed by atoms with Crippen LogP contribution in [0.1, 0.15) is 53.0 Å². The second-order valence-electron chi connectivity index (χ2n) is 8.84. The number of nitrogens with two attached hydrogens (primary N) is 1. The smallest absolute Gasteiger partial charge is 0.399 e. The Balaban J connectivity index is 1.65. The molecule has 0 amide bonds. The lowest BCUT2D eigenvalue weighted by Gasteiger charge is -2.32. The topological polar surface area (TPSA) is 86.1 Å². The van der Waals surface area contributed by atoms with Crippen LogP contribution in [0.15, 0.2) is 24.3 Å². The summed E-state index contributed by atoms with van der Waals surface area (Å²) in [5.41, 5.74) is 8.26. The predicted molar refractivity (Wildman–Crippen MR) is 105 cm³/mol. The highest BCUT2D eigenvalue weighted by molar-refractivity contribution is 6.62. The van der Waals surface area contributed by atoms with Crippen LogP contribution in [0.4, 0.5) is 5.82 Å². The second-order valence-corrected chi connectivity index (χ2v) is 8.84. The van der Waals surface area contributed by atoms with Gasteiger partial charge in [0.2, 0.25) is 0 Å². The molecule has 0 atom stereocenters. The Labute approximate surface area is 160 Å². The normalized spacial score (nSPS) is 21.9. The minimum atomic E-state index is -0.410. The molecule has 140 valence electrons. The summed E-state index contributed by atoms with van der Waals surface area (Å²) in [5, 5.41) is 14.2. The van der Waals surface area contributed by atoms with Crippen LogP contribution in [0.5, 0.6) is 0 Å². The molecule has 1 saturated carbocycles. The van der Waals surface area contributed by atoms with Gasteiger partial charge in [-0.25, -0.2) is 4.68 Å². The summed E-state index contributed by atoms with van der Waals surface area (Å²) in [7, 11) is -0.410. The van der Waals surface area contributed by atoms with Gasteiger partial charge >= 0.3 is 7.12 Å². The molecule has 1 aromatic carbocycles. The molecule has 1 aliphatic carbocycles. The minimum absolute atomic E-state index is 0.0590. The summed E-state index contributed by atoms with van der Waals surface area (Å²) in [4.78, 5) is 0. The molecule has 0 bridgehead atoms. The highest BCUT2D eigenvalue weighted by Crippen LogP contribution is 2.45. The molecule has 27 heavy (non-hydrogen) atoms. The molecule has 6 nitrogen and oxygen atoms in total. The summed E-state index contributed by atoms with van der Waals surface area (Å²) in [5.74, 6) is 0.447. The van der Waals surface area contributed by atoms with Crippen LogP contribution < -0.4 is 11.2 Å². The molecule has 0 radical (unpaired) electrons. The summed E-state index contributed by atoms with van der Waals surface area (Å²) >= 11 is 0. The molecule has 2 fully saturated rings. The molecule has 1 aromatic heterocycles. The summed E-state index contributed by atoms with van der Waals surface area (Å²) < 4.78 is 14.0. The van der Waals surface area contributed by atoms with Gasteiger partial charge in [-0.15, -0.1) is 0 Å². The number of nitrogen functional groups attached to an aromatic ring is 1. The van der Waals surface area contributed by atoms with Crippen LogP contribution in [0.3, 0.4) is 0 Å². The molecule has 1 saturated heterocycles.